The van der Waals surface area contributed by atoms with Crippen LogP contribution in [0.1, 0.15) is 89.2 Å². The topological polar surface area (TPSA) is 133 Å². The number of amides is 2. The lowest BCUT2D eigenvalue weighted by Crippen LogP contribution is -2.46. The number of carbonyl (C=O) groups excluding carboxylic acids is 2. The number of hydrogen-bond donors (Lipinski definition) is 3. The lowest BCUT2D eigenvalue weighted by atomic mass is 9.99. The van der Waals surface area contributed by atoms with Gasteiger partial charge in [-0.2, -0.15) is 0 Å². The van der Waals surface area contributed by atoms with Crippen LogP contribution in [0.4, 0.5) is 0 Å². The van der Waals surface area contributed by atoms with E-state index in [1.807, 2.05) is 29.8 Å². The van der Waals surface area contributed by atoms with Crippen LogP contribution >= 0.6 is 0 Å². The van der Waals surface area contributed by atoms with E-state index in [4.69, 9.17) is 15.5 Å². The average molecular weight is 636 g/mol. The molecule has 7 rings (SSSR count). The third-order valence-corrected chi connectivity index (χ3v) is 9.86. The smallest absolute Gasteiger partial charge is 0.240 e. The number of nitrogens with one attached hydrogen (secondary N) is 2. The molecule has 2 aromatic heterocycles. The summed E-state index contributed by atoms with van der Waals surface area (Å²) in [4.78, 5) is 46.5. The molecular formula is C37H45N7O3. The summed E-state index contributed by atoms with van der Waals surface area (Å²) in [6, 6.07) is 14.1. The molecule has 4 aromatic rings. The third-order valence-electron chi connectivity index (χ3n) is 9.86. The Hall–Kier alpha value is -4.44. The van der Waals surface area contributed by atoms with E-state index in [0.717, 1.165) is 89.0 Å². The minimum Gasteiger partial charge on any atom is -0.487 e. The second-order valence-corrected chi connectivity index (χ2v) is 14.0. The highest BCUT2D eigenvalue weighted by Crippen LogP contribution is 2.41. The van der Waals surface area contributed by atoms with Gasteiger partial charge in [-0.25, -0.2) is 9.97 Å². The number of carbonyl (C=O) groups is 2. The maximum atomic E-state index is 13.0. The summed E-state index contributed by atoms with van der Waals surface area (Å²) in [5.74, 6) is 3.09. The van der Waals surface area contributed by atoms with Gasteiger partial charge in [0.15, 0.2) is 0 Å². The molecule has 3 aliphatic heterocycles. The summed E-state index contributed by atoms with van der Waals surface area (Å²) in [6.07, 6.45) is 6.14. The van der Waals surface area contributed by atoms with Crippen molar-refractivity contribution in [3.63, 3.8) is 0 Å². The van der Waals surface area contributed by atoms with E-state index in [9.17, 15) is 9.59 Å². The largest absolute Gasteiger partial charge is 0.487 e. The Morgan fingerprint density at radius 3 is 2.32 bits per heavy atom. The molecule has 2 amide bonds. The van der Waals surface area contributed by atoms with Gasteiger partial charge in [-0.05, 0) is 66.3 Å². The zero-order valence-corrected chi connectivity index (χ0v) is 27.8. The number of ether oxygens (including phenoxy) is 1. The Balaban J connectivity index is 1.07. The first kappa shape index (κ1) is 31.2. The van der Waals surface area contributed by atoms with E-state index in [-0.39, 0.29) is 29.8 Å². The van der Waals surface area contributed by atoms with Crippen molar-refractivity contribution in [1.82, 2.24) is 29.7 Å². The van der Waals surface area contributed by atoms with Crippen molar-refractivity contribution in [3.8, 4) is 39.4 Å². The minimum absolute atomic E-state index is 0.00293. The van der Waals surface area contributed by atoms with Crippen LogP contribution in [0.15, 0.2) is 48.7 Å². The Labute approximate surface area is 276 Å². The highest BCUT2D eigenvalue weighted by molar-refractivity contribution is 5.83. The van der Waals surface area contributed by atoms with Crippen LogP contribution in [0, 0.1) is 11.8 Å². The maximum absolute atomic E-state index is 13.0. The second kappa shape index (κ2) is 12.6. The molecule has 0 spiro atoms. The zero-order valence-electron chi connectivity index (χ0n) is 27.8. The van der Waals surface area contributed by atoms with Gasteiger partial charge in [0.1, 0.15) is 24.0 Å². The van der Waals surface area contributed by atoms with Crippen molar-refractivity contribution in [3.05, 3.63) is 66.0 Å². The van der Waals surface area contributed by atoms with E-state index in [2.05, 4.69) is 71.3 Å². The number of imidazole rings is 2. The normalized spacial score (nSPS) is 19.6. The van der Waals surface area contributed by atoms with Gasteiger partial charge in [0, 0.05) is 25.1 Å². The van der Waals surface area contributed by atoms with Gasteiger partial charge in [0.25, 0.3) is 0 Å². The summed E-state index contributed by atoms with van der Waals surface area (Å²) in [6.45, 7) is 10.0. The van der Waals surface area contributed by atoms with E-state index in [1.165, 1.54) is 0 Å². The average Bonchev–Trinajstić information content (AvgIpc) is 3.88. The van der Waals surface area contributed by atoms with Crippen molar-refractivity contribution in [1.29, 1.82) is 0 Å². The molecule has 47 heavy (non-hydrogen) atoms. The van der Waals surface area contributed by atoms with Gasteiger partial charge >= 0.3 is 0 Å². The molecular weight excluding hydrogens is 590 g/mol. The number of nitrogens with zero attached hydrogens (tertiary/aromatic N) is 4. The molecule has 10 heteroatoms. The van der Waals surface area contributed by atoms with Crippen molar-refractivity contribution in [2.24, 2.45) is 17.6 Å². The monoisotopic (exact) mass is 635 g/mol. The fourth-order valence-corrected chi connectivity index (χ4v) is 7.18. The first-order valence-electron chi connectivity index (χ1n) is 17.0. The van der Waals surface area contributed by atoms with Crippen molar-refractivity contribution in [2.45, 2.75) is 84.5 Å². The highest BCUT2D eigenvalue weighted by atomic mass is 16.5. The number of aromatic amines is 2. The Morgan fingerprint density at radius 2 is 1.60 bits per heavy atom. The number of rotatable bonds is 8. The first-order valence-corrected chi connectivity index (χ1v) is 17.0. The van der Waals surface area contributed by atoms with E-state index in [0.29, 0.717) is 25.5 Å². The fourth-order valence-electron chi connectivity index (χ4n) is 7.18. The standard InChI is InChI=1S/C37H45N7O3/c1-21(2)17-32(45)43-15-5-8-30(43)36-41-28-20-47-31-18-25(13-14-26(31)34(28)42-36)23-9-11-24(12-10-23)27-19-39-35(40-27)29-7-6-16-44(29)37(46)33(38)22(3)4/h9-14,18-19,21-22,29-30,33H,5-8,15-17,20,38H2,1-4H3,(H,39,40)(H,41,42)/t29-,30-,33-/m0/s1. The molecule has 10 nitrogen and oxygen atoms in total. The second-order valence-electron chi connectivity index (χ2n) is 14.0. The number of H-pyrrole nitrogens is 2. The molecule has 2 saturated heterocycles. The molecule has 0 saturated carbocycles. The van der Waals surface area contributed by atoms with Crippen LogP contribution in [0.2, 0.25) is 0 Å². The van der Waals surface area contributed by atoms with Crippen LogP contribution < -0.4 is 10.5 Å². The molecule has 4 N–H and O–H groups in total. The molecule has 0 aliphatic carbocycles. The van der Waals surface area contributed by atoms with Crippen LogP contribution in [0.3, 0.4) is 0 Å². The maximum Gasteiger partial charge on any atom is 0.240 e. The number of aromatic nitrogens is 4. The first-order chi connectivity index (χ1) is 22.7. The number of nitrogens with two attached hydrogens (primary N) is 1. The summed E-state index contributed by atoms with van der Waals surface area (Å²) in [5, 5.41) is 0. The predicted molar refractivity (Wildman–Crippen MR) is 181 cm³/mol. The predicted octanol–water partition coefficient (Wildman–Crippen LogP) is 6.38. The summed E-state index contributed by atoms with van der Waals surface area (Å²) in [5.41, 5.74) is 13.1. The summed E-state index contributed by atoms with van der Waals surface area (Å²) >= 11 is 0. The van der Waals surface area contributed by atoms with E-state index in [1.54, 1.807) is 0 Å². The van der Waals surface area contributed by atoms with Gasteiger partial charge in [-0.15, -0.1) is 0 Å². The lowest BCUT2D eigenvalue weighted by Gasteiger charge is -2.27. The Bertz CT molecular complexity index is 1770. The number of benzene rings is 2. The molecule has 246 valence electrons. The van der Waals surface area contributed by atoms with Gasteiger partial charge in [0.2, 0.25) is 11.8 Å². The number of hydrogen-bond acceptors (Lipinski definition) is 6. The number of likely N-dealkylation sites (tertiary alicyclic amines) is 2. The van der Waals surface area contributed by atoms with Crippen LogP contribution in [0.5, 0.6) is 5.75 Å². The molecule has 0 unspecified atom stereocenters. The summed E-state index contributed by atoms with van der Waals surface area (Å²) in [7, 11) is 0. The minimum atomic E-state index is -0.500. The van der Waals surface area contributed by atoms with Crippen molar-refractivity contribution in [2.75, 3.05) is 13.1 Å². The van der Waals surface area contributed by atoms with Gasteiger partial charge < -0.3 is 30.2 Å². The van der Waals surface area contributed by atoms with Crippen molar-refractivity contribution >= 4 is 11.8 Å². The summed E-state index contributed by atoms with van der Waals surface area (Å²) < 4.78 is 6.21. The SMILES string of the molecule is CC(C)CC(=O)N1CCC[C@H]1c1nc2c([nH]1)COc1cc(-c3ccc(-c4cnc([C@@H]5CCCN5C(=O)[C@@H](N)C(C)C)[nH]4)cc3)ccc1-2. The van der Waals surface area contributed by atoms with Gasteiger partial charge in [-0.1, -0.05) is 58.0 Å². The van der Waals surface area contributed by atoms with E-state index >= 15 is 0 Å². The van der Waals surface area contributed by atoms with Crippen molar-refractivity contribution < 1.29 is 14.3 Å². The Morgan fingerprint density at radius 1 is 0.915 bits per heavy atom. The van der Waals surface area contributed by atoms with Gasteiger partial charge in [-0.3, -0.25) is 9.59 Å². The molecule has 2 fully saturated rings. The molecule has 2 aromatic carbocycles. The fraction of sp³-hybridized carbons (Fsp3) is 0.459. The zero-order chi connectivity index (χ0) is 32.8. The van der Waals surface area contributed by atoms with Gasteiger partial charge in [0.05, 0.1) is 41.4 Å². The quantitative estimate of drug-likeness (QED) is 0.206. The van der Waals surface area contributed by atoms with Crippen LogP contribution in [-0.4, -0.2) is 60.7 Å². The highest BCUT2D eigenvalue weighted by Gasteiger charge is 2.36. The molecule has 3 atom stereocenters. The Kier molecular flexibility index (Phi) is 8.38. The number of fused-ring (bicyclic) bond motifs is 3. The molecule has 3 aliphatic rings. The molecule has 0 radical (unpaired) electrons. The lowest BCUT2D eigenvalue weighted by molar-refractivity contribution is -0.135. The molecule has 0 bridgehead atoms. The molecule has 5 heterocycles. The van der Waals surface area contributed by atoms with E-state index < -0.39 is 6.04 Å². The third kappa shape index (κ3) is 5.95. The van der Waals surface area contributed by atoms with Crippen LogP contribution in [-0.2, 0) is 16.2 Å². The van der Waals surface area contributed by atoms with Crippen LogP contribution in [0.25, 0.3) is 33.6 Å².